The summed E-state index contributed by atoms with van der Waals surface area (Å²) in [6.45, 7) is -0.119. The molecule has 2 rings (SSSR count). The summed E-state index contributed by atoms with van der Waals surface area (Å²) in [6, 6.07) is 1.33. The van der Waals surface area contributed by atoms with Gasteiger partial charge in [0.05, 0.1) is 5.56 Å². The van der Waals surface area contributed by atoms with Gasteiger partial charge in [-0.25, -0.2) is 4.79 Å². The van der Waals surface area contributed by atoms with Crippen LogP contribution in [0.15, 0.2) is 10.5 Å². The molecule has 0 saturated carbocycles. The number of aliphatic hydroxyl groups is 1. The van der Waals surface area contributed by atoms with Crippen LogP contribution < -0.4 is 9.47 Å². The number of carbonyl (C=O) groups excluding carboxylic acids is 1. The summed E-state index contributed by atoms with van der Waals surface area (Å²) >= 11 is 3.11. The van der Waals surface area contributed by atoms with Crippen molar-refractivity contribution in [3.05, 3.63) is 21.7 Å². The summed E-state index contributed by atoms with van der Waals surface area (Å²) < 4.78 is 10.5. The molecule has 1 unspecified atom stereocenters. The van der Waals surface area contributed by atoms with E-state index in [1.54, 1.807) is 0 Å². The molecule has 1 aromatic rings. The molecule has 90 valence electrons. The van der Waals surface area contributed by atoms with E-state index in [1.807, 2.05) is 0 Å². The van der Waals surface area contributed by atoms with E-state index < -0.39 is 12.1 Å². The Morgan fingerprint density at radius 2 is 2.12 bits per heavy atom. The smallest absolute Gasteiger partial charge is 0.337 e. The van der Waals surface area contributed by atoms with E-state index >= 15 is 0 Å². The molecule has 1 aliphatic heterocycles. The molecule has 0 aliphatic carbocycles. The van der Waals surface area contributed by atoms with Gasteiger partial charge in [-0.2, -0.15) is 0 Å². The van der Waals surface area contributed by atoms with Crippen molar-refractivity contribution in [3.63, 3.8) is 0 Å². The third kappa shape index (κ3) is 1.87. The van der Waals surface area contributed by atoms with Crippen molar-refractivity contribution in [2.45, 2.75) is 6.10 Å². The minimum atomic E-state index is -1.73. The summed E-state index contributed by atoms with van der Waals surface area (Å²) in [7, 11) is 0. The number of aliphatic hydroxyl groups excluding tert-OH is 1. The van der Waals surface area contributed by atoms with Crippen LogP contribution in [-0.2, 0) is 4.79 Å². The highest BCUT2D eigenvalue weighted by atomic mass is 79.9. The molecule has 0 fully saturated rings. The molecule has 0 spiro atoms. The number of aliphatic carboxylic acids is 1. The van der Waals surface area contributed by atoms with Gasteiger partial charge in [-0.15, -0.1) is 0 Å². The number of ether oxygens (including phenoxy) is 2. The van der Waals surface area contributed by atoms with E-state index in [2.05, 4.69) is 15.9 Å². The lowest BCUT2D eigenvalue weighted by Crippen LogP contribution is -2.11. The van der Waals surface area contributed by atoms with Crippen LogP contribution in [0.2, 0.25) is 0 Å². The average Bonchev–Trinajstić information content (AvgIpc) is 2.75. The lowest BCUT2D eigenvalue weighted by atomic mass is 10.0. The number of hydrogen-bond donors (Lipinski definition) is 2. The number of aldehydes is 1. The predicted molar refractivity (Wildman–Crippen MR) is 58.2 cm³/mol. The first-order valence-corrected chi connectivity index (χ1v) is 5.33. The standard InChI is InChI=1S/C10H7BrO6/c11-6-1-4(7(13)10(14)15)8-9(5(6)2-12)17-3-16-8/h1-2,7,13H,3H2,(H,14,15). The normalized spacial score (nSPS) is 14.5. The summed E-state index contributed by atoms with van der Waals surface area (Å²) in [6.07, 6.45) is -1.17. The second-order valence-corrected chi connectivity index (χ2v) is 4.14. The Balaban J connectivity index is 2.63. The van der Waals surface area contributed by atoms with Crippen molar-refractivity contribution < 1.29 is 29.3 Å². The number of hydrogen-bond acceptors (Lipinski definition) is 5. The van der Waals surface area contributed by atoms with Crippen molar-refractivity contribution in [2.75, 3.05) is 6.79 Å². The van der Waals surface area contributed by atoms with E-state index in [-0.39, 0.29) is 29.4 Å². The van der Waals surface area contributed by atoms with Crippen molar-refractivity contribution in [1.29, 1.82) is 0 Å². The number of benzene rings is 1. The number of fused-ring (bicyclic) bond motifs is 1. The molecule has 7 heteroatoms. The zero-order chi connectivity index (χ0) is 12.6. The van der Waals surface area contributed by atoms with E-state index in [0.29, 0.717) is 10.8 Å². The van der Waals surface area contributed by atoms with Crippen LogP contribution in [0.4, 0.5) is 0 Å². The molecule has 1 atom stereocenters. The Bertz CT molecular complexity index is 498. The maximum absolute atomic E-state index is 10.9. The Morgan fingerprint density at radius 1 is 1.47 bits per heavy atom. The Labute approximate surface area is 104 Å². The van der Waals surface area contributed by atoms with Crippen molar-refractivity contribution >= 4 is 28.2 Å². The van der Waals surface area contributed by atoms with Gasteiger partial charge in [0.25, 0.3) is 0 Å². The molecule has 0 radical (unpaired) electrons. The molecule has 1 aromatic carbocycles. The Kier molecular flexibility index (Phi) is 3.03. The zero-order valence-electron chi connectivity index (χ0n) is 8.34. The van der Waals surface area contributed by atoms with E-state index in [9.17, 15) is 14.7 Å². The number of carboxylic acid groups (broad SMARTS) is 1. The lowest BCUT2D eigenvalue weighted by molar-refractivity contribution is -0.147. The highest BCUT2D eigenvalue weighted by Crippen LogP contribution is 2.44. The second kappa shape index (κ2) is 4.34. The average molecular weight is 303 g/mol. The summed E-state index contributed by atoms with van der Waals surface area (Å²) in [4.78, 5) is 21.6. The summed E-state index contributed by atoms with van der Waals surface area (Å²) in [5, 5.41) is 18.3. The maximum atomic E-state index is 10.9. The monoisotopic (exact) mass is 302 g/mol. The van der Waals surface area contributed by atoms with Gasteiger partial charge < -0.3 is 19.7 Å². The summed E-state index contributed by atoms with van der Waals surface area (Å²) in [5.41, 5.74) is 0.265. The van der Waals surface area contributed by atoms with Gasteiger partial charge >= 0.3 is 5.97 Å². The van der Waals surface area contributed by atoms with Gasteiger partial charge in [-0.3, -0.25) is 4.79 Å². The fourth-order valence-corrected chi connectivity index (χ4v) is 2.05. The second-order valence-electron chi connectivity index (χ2n) is 3.28. The van der Waals surface area contributed by atoms with E-state index in [4.69, 9.17) is 14.6 Å². The van der Waals surface area contributed by atoms with E-state index in [1.165, 1.54) is 6.07 Å². The molecule has 0 amide bonds. The van der Waals surface area contributed by atoms with Crippen LogP contribution in [0.25, 0.3) is 0 Å². The minimum Gasteiger partial charge on any atom is -0.479 e. The number of halogens is 1. The van der Waals surface area contributed by atoms with Gasteiger partial charge in [0.2, 0.25) is 6.79 Å². The quantitative estimate of drug-likeness (QED) is 0.813. The van der Waals surface area contributed by atoms with Crippen LogP contribution in [-0.4, -0.2) is 29.3 Å². The van der Waals surface area contributed by atoms with Gasteiger partial charge in [0, 0.05) is 10.0 Å². The van der Waals surface area contributed by atoms with Crippen molar-refractivity contribution in [1.82, 2.24) is 0 Å². The molecule has 2 N–H and O–H groups in total. The number of carbonyl (C=O) groups is 2. The first-order chi connectivity index (χ1) is 8.06. The predicted octanol–water partition coefficient (Wildman–Crippen LogP) is 1.11. The number of rotatable bonds is 3. The lowest BCUT2D eigenvalue weighted by Gasteiger charge is -2.11. The van der Waals surface area contributed by atoms with Gasteiger partial charge in [0.15, 0.2) is 23.9 Å². The minimum absolute atomic E-state index is 0.0440. The SMILES string of the molecule is O=Cc1c(Br)cc(C(O)C(=O)O)c2c1OCO2. The highest BCUT2D eigenvalue weighted by molar-refractivity contribution is 9.10. The van der Waals surface area contributed by atoms with Crippen molar-refractivity contribution in [3.8, 4) is 11.5 Å². The first kappa shape index (κ1) is 11.9. The molecular weight excluding hydrogens is 296 g/mol. The Hall–Kier alpha value is -1.60. The van der Waals surface area contributed by atoms with Gasteiger partial charge in [0.1, 0.15) is 0 Å². The highest BCUT2D eigenvalue weighted by Gasteiger charge is 2.30. The van der Waals surface area contributed by atoms with Crippen LogP contribution in [0.3, 0.4) is 0 Å². The van der Waals surface area contributed by atoms with E-state index in [0.717, 1.165) is 0 Å². The van der Waals surface area contributed by atoms with Crippen LogP contribution in [0, 0.1) is 0 Å². The van der Waals surface area contributed by atoms with Gasteiger partial charge in [-0.1, -0.05) is 0 Å². The topological polar surface area (TPSA) is 93.1 Å². The third-order valence-electron chi connectivity index (χ3n) is 2.31. The maximum Gasteiger partial charge on any atom is 0.337 e. The van der Waals surface area contributed by atoms with Crippen LogP contribution in [0.1, 0.15) is 22.0 Å². The molecule has 0 aromatic heterocycles. The largest absolute Gasteiger partial charge is 0.479 e. The fourth-order valence-electron chi connectivity index (χ4n) is 1.53. The third-order valence-corrected chi connectivity index (χ3v) is 2.96. The molecule has 1 aliphatic rings. The van der Waals surface area contributed by atoms with Gasteiger partial charge in [-0.05, 0) is 22.0 Å². The molecule has 0 bridgehead atoms. The molecule has 0 saturated heterocycles. The van der Waals surface area contributed by atoms with Crippen LogP contribution >= 0.6 is 15.9 Å². The molecule has 6 nitrogen and oxygen atoms in total. The molecule has 17 heavy (non-hydrogen) atoms. The zero-order valence-corrected chi connectivity index (χ0v) is 9.93. The van der Waals surface area contributed by atoms with Crippen molar-refractivity contribution in [2.24, 2.45) is 0 Å². The fraction of sp³-hybridized carbons (Fsp3) is 0.200. The number of carboxylic acids is 1. The summed E-state index contributed by atoms with van der Waals surface area (Å²) in [5.74, 6) is -1.18. The molecular formula is C10H7BrO6. The Morgan fingerprint density at radius 3 is 2.71 bits per heavy atom. The van der Waals surface area contributed by atoms with Crippen LogP contribution in [0.5, 0.6) is 11.5 Å². The molecule has 1 heterocycles. The first-order valence-electron chi connectivity index (χ1n) is 4.54.